The molecule has 176 valence electrons. The lowest BCUT2D eigenvalue weighted by Gasteiger charge is -2.29. The van der Waals surface area contributed by atoms with Gasteiger partial charge in [-0.05, 0) is 43.2 Å². The molecule has 9 heteroatoms. The molecule has 4 rings (SSSR count). The van der Waals surface area contributed by atoms with Crippen LogP contribution in [0.5, 0.6) is 0 Å². The van der Waals surface area contributed by atoms with Crippen LogP contribution in [0.1, 0.15) is 17.5 Å². The van der Waals surface area contributed by atoms with E-state index in [0.717, 1.165) is 34.4 Å². The fraction of sp³-hybridized carbons (Fsp3) is 0.417. The van der Waals surface area contributed by atoms with Gasteiger partial charge >= 0.3 is 0 Å². The van der Waals surface area contributed by atoms with Gasteiger partial charge in [-0.2, -0.15) is 0 Å². The van der Waals surface area contributed by atoms with Gasteiger partial charge in [-0.25, -0.2) is 13.4 Å². The number of anilines is 1. The van der Waals surface area contributed by atoms with Crippen LogP contribution < -0.4 is 4.90 Å². The molecule has 0 spiro atoms. The Morgan fingerprint density at radius 3 is 2.58 bits per heavy atom. The molecule has 0 N–H and O–H groups in total. The number of thiazole rings is 1. The largest absolute Gasteiger partial charge is 0.379 e. The van der Waals surface area contributed by atoms with Crippen LogP contribution >= 0.6 is 11.3 Å². The Labute approximate surface area is 198 Å². The number of aromatic nitrogens is 1. The molecule has 2 aromatic carbocycles. The molecule has 1 amide bonds. The Hall–Kier alpha value is -2.33. The van der Waals surface area contributed by atoms with E-state index in [1.165, 1.54) is 11.3 Å². The quantitative estimate of drug-likeness (QED) is 0.484. The molecule has 0 aliphatic carbocycles. The number of carbonyl (C=O) groups is 1. The van der Waals surface area contributed by atoms with Gasteiger partial charge < -0.3 is 4.74 Å². The summed E-state index contributed by atoms with van der Waals surface area (Å²) in [6.07, 6.45) is -0.0890. The summed E-state index contributed by atoms with van der Waals surface area (Å²) in [5.74, 6) is -0.455. The Bertz CT molecular complexity index is 1220. The third kappa shape index (κ3) is 5.60. The number of aryl methyl sites for hydroxylation is 2. The van der Waals surface area contributed by atoms with Gasteiger partial charge in [0, 0.05) is 32.6 Å². The van der Waals surface area contributed by atoms with E-state index >= 15 is 0 Å². The van der Waals surface area contributed by atoms with Crippen LogP contribution in [0.4, 0.5) is 5.13 Å². The molecule has 1 fully saturated rings. The monoisotopic (exact) mass is 487 g/mol. The smallest absolute Gasteiger partial charge is 0.229 e. The van der Waals surface area contributed by atoms with Gasteiger partial charge in [0.25, 0.3) is 0 Å². The summed E-state index contributed by atoms with van der Waals surface area (Å²) in [6.45, 7) is 8.24. The second kappa shape index (κ2) is 10.3. The van der Waals surface area contributed by atoms with Gasteiger partial charge in [0.2, 0.25) is 5.91 Å². The fourth-order valence-corrected chi connectivity index (χ4v) is 6.14. The van der Waals surface area contributed by atoms with Crippen LogP contribution in [0.3, 0.4) is 0 Å². The number of hydrogen-bond donors (Lipinski definition) is 0. The molecule has 0 bridgehead atoms. The van der Waals surface area contributed by atoms with Gasteiger partial charge in [0.1, 0.15) is 0 Å². The fourth-order valence-electron chi connectivity index (χ4n) is 3.83. The highest BCUT2D eigenvalue weighted by atomic mass is 32.2. The van der Waals surface area contributed by atoms with Gasteiger partial charge in [-0.3, -0.25) is 14.6 Å². The van der Waals surface area contributed by atoms with Crippen LogP contribution in [0.25, 0.3) is 10.2 Å². The first kappa shape index (κ1) is 23.8. The Morgan fingerprint density at radius 1 is 1.12 bits per heavy atom. The van der Waals surface area contributed by atoms with Crippen molar-refractivity contribution in [1.82, 2.24) is 9.88 Å². The summed E-state index contributed by atoms with van der Waals surface area (Å²) in [5, 5.41) is 0.620. The Morgan fingerprint density at radius 2 is 1.85 bits per heavy atom. The van der Waals surface area contributed by atoms with Crippen molar-refractivity contribution in [2.24, 2.45) is 0 Å². The first-order valence-electron chi connectivity index (χ1n) is 11.1. The minimum Gasteiger partial charge on any atom is -0.379 e. The second-order valence-electron chi connectivity index (χ2n) is 8.23. The van der Waals surface area contributed by atoms with Gasteiger partial charge in [-0.15, -0.1) is 0 Å². The number of hydrogen-bond acceptors (Lipinski definition) is 7. The Kier molecular flexibility index (Phi) is 7.43. The number of rotatable bonds is 8. The number of carbonyl (C=O) groups excluding carboxylic acids is 1. The summed E-state index contributed by atoms with van der Waals surface area (Å²) >= 11 is 1.47. The van der Waals surface area contributed by atoms with Crippen molar-refractivity contribution in [2.75, 3.05) is 50.0 Å². The highest BCUT2D eigenvalue weighted by Gasteiger charge is 2.24. The van der Waals surface area contributed by atoms with Crippen molar-refractivity contribution in [3.05, 3.63) is 53.6 Å². The van der Waals surface area contributed by atoms with E-state index in [1.54, 1.807) is 35.2 Å². The van der Waals surface area contributed by atoms with E-state index in [0.29, 0.717) is 31.4 Å². The van der Waals surface area contributed by atoms with E-state index in [2.05, 4.69) is 11.0 Å². The van der Waals surface area contributed by atoms with E-state index < -0.39 is 9.84 Å². The summed E-state index contributed by atoms with van der Waals surface area (Å²) in [7, 11) is -3.53. The molecule has 3 aromatic rings. The molecule has 1 aromatic heterocycles. The number of amides is 1. The number of benzene rings is 2. The molecule has 7 nitrogen and oxygen atoms in total. The topological polar surface area (TPSA) is 79.8 Å². The molecule has 2 heterocycles. The van der Waals surface area contributed by atoms with Crippen LogP contribution in [-0.4, -0.2) is 69.4 Å². The number of nitrogens with zero attached hydrogens (tertiary/aromatic N) is 3. The molecule has 33 heavy (non-hydrogen) atoms. The lowest BCUT2D eigenvalue weighted by molar-refractivity contribution is -0.118. The molecule has 0 atom stereocenters. The van der Waals surface area contributed by atoms with Crippen molar-refractivity contribution in [3.63, 3.8) is 0 Å². The van der Waals surface area contributed by atoms with Crippen molar-refractivity contribution in [1.29, 1.82) is 0 Å². The first-order chi connectivity index (χ1) is 15.8. The zero-order valence-corrected chi connectivity index (χ0v) is 20.6. The van der Waals surface area contributed by atoms with E-state index in [4.69, 9.17) is 9.72 Å². The minimum atomic E-state index is -3.53. The van der Waals surface area contributed by atoms with E-state index in [-0.39, 0.29) is 23.0 Å². The molecule has 1 saturated heterocycles. The third-order valence-electron chi connectivity index (χ3n) is 6.04. The molecule has 1 aliphatic heterocycles. The Balaban J connectivity index is 1.55. The summed E-state index contributed by atoms with van der Waals surface area (Å²) in [6, 6.07) is 12.4. The zero-order chi connectivity index (χ0) is 23.4. The lowest BCUT2D eigenvalue weighted by Crippen LogP contribution is -2.43. The van der Waals surface area contributed by atoms with Crippen molar-refractivity contribution in [2.45, 2.75) is 25.2 Å². The predicted molar refractivity (Wildman–Crippen MR) is 132 cm³/mol. The molecular weight excluding hydrogens is 458 g/mol. The number of fused-ring (bicyclic) bond motifs is 1. The van der Waals surface area contributed by atoms with Crippen molar-refractivity contribution >= 4 is 42.4 Å². The summed E-state index contributed by atoms with van der Waals surface area (Å²) in [4.78, 5) is 22.3. The zero-order valence-electron chi connectivity index (χ0n) is 19.0. The van der Waals surface area contributed by atoms with Gasteiger partial charge in [0.05, 0.1) is 34.1 Å². The van der Waals surface area contributed by atoms with Crippen LogP contribution in [0.2, 0.25) is 0 Å². The first-order valence-corrected chi connectivity index (χ1v) is 13.6. The van der Waals surface area contributed by atoms with Crippen LogP contribution in [0, 0.1) is 13.8 Å². The maximum atomic E-state index is 13.3. The molecule has 0 unspecified atom stereocenters. The number of sulfone groups is 1. The van der Waals surface area contributed by atoms with Gasteiger partial charge in [-0.1, -0.05) is 35.6 Å². The van der Waals surface area contributed by atoms with Crippen molar-refractivity contribution < 1.29 is 17.9 Å². The normalized spacial score (nSPS) is 15.1. The third-order valence-corrected chi connectivity index (χ3v) is 8.81. The minimum absolute atomic E-state index is 0.0890. The maximum Gasteiger partial charge on any atom is 0.229 e. The SMILES string of the molecule is Cc1ccc2sc(N(CCN3CCOCC3)C(=O)CCS(=O)(=O)c3ccccc3)nc2c1C. The van der Waals surface area contributed by atoms with E-state index in [9.17, 15) is 13.2 Å². The molecule has 0 saturated carbocycles. The molecular formula is C24H29N3O4S2. The van der Waals surface area contributed by atoms with Crippen LogP contribution in [0.15, 0.2) is 47.4 Å². The summed E-state index contributed by atoms with van der Waals surface area (Å²) in [5.41, 5.74) is 3.15. The maximum absolute atomic E-state index is 13.3. The molecule has 1 aliphatic rings. The lowest BCUT2D eigenvalue weighted by atomic mass is 10.1. The average Bonchev–Trinajstić information content (AvgIpc) is 3.26. The van der Waals surface area contributed by atoms with Crippen molar-refractivity contribution in [3.8, 4) is 0 Å². The van der Waals surface area contributed by atoms with Crippen LogP contribution in [-0.2, 0) is 19.4 Å². The number of morpholine rings is 1. The highest BCUT2D eigenvalue weighted by molar-refractivity contribution is 7.91. The standard InChI is InChI=1S/C24H29N3O4S2/c1-18-8-9-21-23(19(18)2)25-24(32-21)27(12-11-26-13-15-31-16-14-26)22(28)10-17-33(29,30)20-6-4-3-5-7-20/h3-9H,10-17H2,1-2H3. The van der Waals surface area contributed by atoms with E-state index in [1.807, 2.05) is 19.9 Å². The predicted octanol–water partition coefficient (Wildman–Crippen LogP) is 3.44. The number of ether oxygens (including phenoxy) is 1. The highest BCUT2D eigenvalue weighted by Crippen LogP contribution is 2.32. The molecule has 0 radical (unpaired) electrons. The second-order valence-corrected chi connectivity index (χ2v) is 11.4. The average molecular weight is 488 g/mol. The van der Waals surface area contributed by atoms with Gasteiger partial charge in [0.15, 0.2) is 15.0 Å². The summed E-state index contributed by atoms with van der Waals surface area (Å²) < 4.78 is 31.9.